The molecule has 2 aromatic heterocycles. The normalized spacial score (nSPS) is 11.9. The molecule has 29 heavy (non-hydrogen) atoms. The van der Waals surface area contributed by atoms with Crippen molar-refractivity contribution in [2.45, 2.75) is 32.6 Å². The molecule has 0 atom stereocenters. The molecule has 0 N–H and O–H groups in total. The summed E-state index contributed by atoms with van der Waals surface area (Å²) in [7, 11) is 0. The van der Waals surface area contributed by atoms with Crippen LogP contribution in [0.2, 0.25) is 0 Å². The number of aromatic nitrogens is 2. The van der Waals surface area contributed by atoms with Crippen molar-refractivity contribution in [2.24, 2.45) is 0 Å². The van der Waals surface area contributed by atoms with Crippen LogP contribution < -0.4 is 4.74 Å². The smallest absolute Gasteiger partial charge is 0.161 e. The van der Waals surface area contributed by atoms with Gasteiger partial charge in [0.25, 0.3) is 0 Å². The summed E-state index contributed by atoms with van der Waals surface area (Å²) in [6, 6.07) is 3.88. The minimum absolute atomic E-state index is 0.00946. The van der Waals surface area contributed by atoms with Crippen molar-refractivity contribution in [1.29, 1.82) is 0 Å². The minimum Gasteiger partial charge on any atom is -0.460 e. The van der Waals surface area contributed by atoms with E-state index in [1.165, 1.54) is 0 Å². The third-order valence-corrected chi connectivity index (χ3v) is 4.80. The van der Waals surface area contributed by atoms with Gasteiger partial charge in [-0.1, -0.05) is 43.9 Å². The Morgan fingerprint density at radius 1 is 1.21 bits per heavy atom. The Morgan fingerprint density at radius 3 is 2.66 bits per heavy atom. The summed E-state index contributed by atoms with van der Waals surface area (Å²) in [5.74, 6) is 2.30. The Labute approximate surface area is 177 Å². The first-order valence-electron chi connectivity index (χ1n) is 9.40. The highest BCUT2D eigenvalue weighted by atomic mass is 32.2. The predicted molar refractivity (Wildman–Crippen MR) is 122 cm³/mol. The molecule has 5 heteroatoms. The lowest BCUT2D eigenvalue weighted by Crippen LogP contribution is -2.00. The predicted octanol–water partition coefficient (Wildman–Crippen LogP) is 6.52. The highest BCUT2D eigenvalue weighted by molar-refractivity contribution is 7.99. The molecule has 2 heterocycles. The maximum Gasteiger partial charge on any atom is 0.161 e. The molecule has 4 nitrogen and oxygen atoms in total. The number of hydrogen-bond donors (Lipinski definition) is 0. The molecule has 0 unspecified atom stereocenters. The molecule has 0 amide bonds. The van der Waals surface area contributed by atoms with Gasteiger partial charge < -0.3 is 4.74 Å². The summed E-state index contributed by atoms with van der Waals surface area (Å²) >= 11 is 1.68. The molecule has 0 fully saturated rings. The molecule has 0 spiro atoms. The van der Waals surface area contributed by atoms with Crippen LogP contribution in [-0.4, -0.2) is 21.5 Å². The molecular weight excluding hydrogens is 380 g/mol. The number of thioether (sulfide) groups is 1. The molecule has 2 aromatic rings. The lowest BCUT2D eigenvalue weighted by atomic mass is 10.0. The van der Waals surface area contributed by atoms with Crippen LogP contribution in [0.4, 0.5) is 0 Å². The van der Waals surface area contributed by atoms with Crippen molar-refractivity contribution < 1.29 is 9.53 Å². The fraction of sp³-hybridized carbons (Fsp3) is 0.208. The average Bonchev–Trinajstić information content (AvgIpc) is 2.69. The molecule has 150 valence electrons. The van der Waals surface area contributed by atoms with Crippen molar-refractivity contribution >= 4 is 23.6 Å². The van der Waals surface area contributed by atoms with Gasteiger partial charge in [0.05, 0.1) is 11.9 Å². The van der Waals surface area contributed by atoms with E-state index in [4.69, 9.17) is 4.74 Å². The highest BCUT2D eigenvalue weighted by Gasteiger charge is 2.14. The van der Waals surface area contributed by atoms with Crippen LogP contribution in [-0.2, 0) is 0 Å². The summed E-state index contributed by atoms with van der Waals surface area (Å²) in [4.78, 5) is 22.0. The third kappa shape index (κ3) is 6.29. The number of ether oxygens (including phenoxy) is 1. The van der Waals surface area contributed by atoms with E-state index >= 15 is 0 Å². The quantitative estimate of drug-likeness (QED) is 0.205. The molecule has 0 saturated carbocycles. The molecule has 0 aromatic carbocycles. The van der Waals surface area contributed by atoms with Crippen LogP contribution in [0.3, 0.4) is 0 Å². The Balaban J connectivity index is 2.44. The van der Waals surface area contributed by atoms with E-state index in [1.54, 1.807) is 37.2 Å². The van der Waals surface area contributed by atoms with Crippen molar-refractivity contribution in [1.82, 2.24) is 9.97 Å². The minimum atomic E-state index is -0.00946. The molecule has 0 aliphatic carbocycles. The Hall–Kier alpha value is -2.92. The molecular formula is C24H26N2O2S. The summed E-state index contributed by atoms with van der Waals surface area (Å²) in [5.41, 5.74) is 2.95. The maximum atomic E-state index is 11.9. The van der Waals surface area contributed by atoms with Gasteiger partial charge in [0.15, 0.2) is 5.78 Å². The number of rotatable bonds is 9. The molecule has 2 rings (SSSR count). The zero-order chi connectivity index (χ0) is 21.2. The van der Waals surface area contributed by atoms with Gasteiger partial charge in [-0.25, -0.2) is 4.98 Å². The van der Waals surface area contributed by atoms with Gasteiger partial charge in [-0.2, -0.15) is 0 Å². The Kier molecular flexibility index (Phi) is 8.62. The fourth-order valence-corrected chi connectivity index (χ4v) is 3.45. The molecule has 0 aliphatic rings. The van der Waals surface area contributed by atoms with Crippen LogP contribution in [0.15, 0.2) is 72.1 Å². The van der Waals surface area contributed by atoms with E-state index in [9.17, 15) is 4.79 Å². The SMILES string of the molecule is C=C/C=C\C=C(/C)Oc1cnc(-c2cc(/C=C\C)c(C(C)=O)cn2)c(SCC)c1. The molecule has 0 radical (unpaired) electrons. The Morgan fingerprint density at radius 2 is 2.00 bits per heavy atom. The van der Waals surface area contributed by atoms with Gasteiger partial charge in [-0.05, 0) is 50.3 Å². The number of allylic oxidation sites excluding steroid dienone is 6. The first-order valence-corrected chi connectivity index (χ1v) is 10.4. The second kappa shape index (κ2) is 11.2. The number of hydrogen-bond acceptors (Lipinski definition) is 5. The number of nitrogens with zero attached hydrogens (tertiary/aromatic N) is 2. The number of Topliss-reactive ketones (excluding diaryl/α,β-unsaturated/α-hetero) is 1. The van der Waals surface area contributed by atoms with Gasteiger partial charge in [0.1, 0.15) is 17.2 Å². The molecule has 0 saturated heterocycles. The van der Waals surface area contributed by atoms with Gasteiger partial charge >= 0.3 is 0 Å². The number of carbonyl (C=O) groups excluding carboxylic acids is 1. The largest absolute Gasteiger partial charge is 0.460 e. The molecule has 0 aliphatic heterocycles. The van der Waals surface area contributed by atoms with E-state index < -0.39 is 0 Å². The summed E-state index contributed by atoms with van der Waals surface area (Å²) in [6.45, 7) is 11.1. The Bertz CT molecular complexity index is 975. The van der Waals surface area contributed by atoms with Gasteiger partial charge in [-0.15, -0.1) is 11.8 Å². The van der Waals surface area contributed by atoms with Crippen LogP contribution >= 0.6 is 11.8 Å². The van der Waals surface area contributed by atoms with Crippen LogP contribution in [0.1, 0.15) is 43.6 Å². The van der Waals surface area contributed by atoms with Crippen LogP contribution in [0, 0.1) is 0 Å². The van der Waals surface area contributed by atoms with Crippen molar-refractivity contribution in [2.75, 3.05) is 5.75 Å². The zero-order valence-electron chi connectivity index (χ0n) is 17.3. The van der Waals surface area contributed by atoms with Gasteiger partial charge in [-0.3, -0.25) is 9.78 Å². The second-order valence-electron chi connectivity index (χ2n) is 6.16. The van der Waals surface area contributed by atoms with Gasteiger partial charge in [0, 0.05) is 16.7 Å². The zero-order valence-corrected chi connectivity index (χ0v) is 18.1. The lowest BCUT2D eigenvalue weighted by molar-refractivity contribution is 0.101. The first-order chi connectivity index (χ1) is 14.0. The van der Waals surface area contributed by atoms with Crippen LogP contribution in [0.5, 0.6) is 5.75 Å². The fourth-order valence-electron chi connectivity index (χ4n) is 2.64. The van der Waals surface area contributed by atoms with E-state index in [1.807, 2.05) is 56.4 Å². The topological polar surface area (TPSA) is 52.1 Å². The number of carbonyl (C=O) groups is 1. The standard InChI is InChI=1S/C24H26N2O2S/c1-6-9-10-12-17(4)28-20-14-23(29-8-3)24(26-15-20)22-13-19(11-7-2)21(16-25-22)18(5)27/h6-7,9-16H,1,8H2,2-5H3/b10-9-,11-7-,17-12+. The van der Waals surface area contributed by atoms with E-state index in [0.29, 0.717) is 11.3 Å². The highest BCUT2D eigenvalue weighted by Crippen LogP contribution is 2.33. The van der Waals surface area contributed by atoms with Gasteiger partial charge in [0.2, 0.25) is 0 Å². The van der Waals surface area contributed by atoms with Crippen molar-refractivity contribution in [3.63, 3.8) is 0 Å². The molecule has 0 bridgehead atoms. The monoisotopic (exact) mass is 406 g/mol. The summed E-state index contributed by atoms with van der Waals surface area (Å²) in [6.07, 6.45) is 14.4. The summed E-state index contributed by atoms with van der Waals surface area (Å²) < 4.78 is 5.88. The number of ketones is 1. The van der Waals surface area contributed by atoms with E-state index in [-0.39, 0.29) is 5.78 Å². The lowest BCUT2D eigenvalue weighted by Gasteiger charge is -2.12. The first kappa shape index (κ1) is 22.4. The van der Waals surface area contributed by atoms with Crippen molar-refractivity contribution in [3.8, 4) is 17.1 Å². The van der Waals surface area contributed by atoms with Crippen LogP contribution in [0.25, 0.3) is 17.5 Å². The maximum absolute atomic E-state index is 11.9. The number of pyridine rings is 2. The third-order valence-electron chi connectivity index (χ3n) is 3.89. The van der Waals surface area contributed by atoms with Crippen molar-refractivity contribution in [3.05, 3.63) is 78.4 Å². The second-order valence-corrected chi connectivity index (χ2v) is 7.47. The average molecular weight is 407 g/mol. The van der Waals surface area contributed by atoms with E-state index in [0.717, 1.165) is 33.4 Å². The van der Waals surface area contributed by atoms with E-state index in [2.05, 4.69) is 23.5 Å². The summed E-state index contributed by atoms with van der Waals surface area (Å²) in [5, 5.41) is 0.